The molecule has 0 spiro atoms. The van der Waals surface area contributed by atoms with Crippen molar-refractivity contribution in [2.75, 3.05) is 37.1 Å². The average molecular weight is 334 g/mol. The van der Waals surface area contributed by atoms with Gasteiger partial charge in [0.25, 0.3) is 0 Å². The fraction of sp³-hybridized carbons (Fsp3) is 0.615. The monoisotopic (exact) mass is 334 g/mol. The molecule has 6 nitrogen and oxygen atoms in total. The molecule has 3 N–H and O–H groups in total. The molecule has 21 heavy (non-hydrogen) atoms. The molecule has 0 saturated heterocycles. The minimum atomic E-state index is -3.48. The van der Waals surface area contributed by atoms with E-state index in [0.29, 0.717) is 29.5 Å². The molecule has 0 aromatic carbocycles. The van der Waals surface area contributed by atoms with Crippen LogP contribution in [0.4, 0.5) is 10.7 Å². The smallest absolute Gasteiger partial charge is 0.183 e. The molecule has 8 heteroatoms. The van der Waals surface area contributed by atoms with Gasteiger partial charge in [-0.25, -0.2) is 8.42 Å². The van der Waals surface area contributed by atoms with Crippen molar-refractivity contribution in [1.82, 2.24) is 0 Å². The van der Waals surface area contributed by atoms with E-state index < -0.39 is 9.84 Å². The Morgan fingerprint density at radius 2 is 2.05 bits per heavy atom. The van der Waals surface area contributed by atoms with Crippen LogP contribution >= 0.6 is 11.3 Å². The van der Waals surface area contributed by atoms with E-state index in [2.05, 4.69) is 5.32 Å². The summed E-state index contributed by atoms with van der Waals surface area (Å²) in [5.74, 6) is -0.199. The molecule has 0 aliphatic heterocycles. The van der Waals surface area contributed by atoms with Crippen molar-refractivity contribution in [3.05, 3.63) is 4.88 Å². The number of Topliss-reactive ketones (excluding diaryl/α,β-unsaturated/α-hetero) is 1. The van der Waals surface area contributed by atoms with Crippen molar-refractivity contribution < 1.29 is 17.9 Å². The Kier molecular flexibility index (Phi) is 6.63. The Morgan fingerprint density at radius 3 is 2.57 bits per heavy atom. The summed E-state index contributed by atoms with van der Waals surface area (Å²) in [5, 5.41) is 3.50. The number of ether oxygens (including phenoxy) is 1. The van der Waals surface area contributed by atoms with Crippen LogP contribution in [-0.2, 0) is 14.6 Å². The standard InChI is InChI=1S/C13H22N2O4S2/c1-4-9(16)11-10(14)12(21(17,18)5-2)13(20-11)15-7-6-8-19-3/h15H,4-8,14H2,1-3H3. The van der Waals surface area contributed by atoms with E-state index in [1.807, 2.05) is 0 Å². The quantitative estimate of drug-likeness (QED) is 0.530. The SMILES string of the molecule is CCC(=O)c1sc(NCCCOC)c(S(=O)(=O)CC)c1N. The van der Waals surface area contributed by atoms with Gasteiger partial charge in [0.05, 0.1) is 16.3 Å². The van der Waals surface area contributed by atoms with Gasteiger partial charge in [-0.05, 0) is 6.42 Å². The first-order chi connectivity index (χ1) is 9.88. The van der Waals surface area contributed by atoms with Gasteiger partial charge in [-0.3, -0.25) is 4.79 Å². The molecular formula is C13H22N2O4S2. The minimum absolute atomic E-state index is 0.0551. The Morgan fingerprint density at radius 1 is 1.38 bits per heavy atom. The normalized spacial score (nSPS) is 11.6. The van der Waals surface area contributed by atoms with E-state index >= 15 is 0 Å². The van der Waals surface area contributed by atoms with E-state index in [0.717, 1.165) is 17.8 Å². The number of rotatable bonds is 9. The van der Waals surface area contributed by atoms with Crippen LogP contribution in [0, 0.1) is 0 Å². The second-order valence-electron chi connectivity index (χ2n) is 4.46. The number of methoxy groups -OCH3 is 1. The van der Waals surface area contributed by atoms with Crippen LogP contribution in [0.25, 0.3) is 0 Å². The average Bonchev–Trinajstić information content (AvgIpc) is 2.80. The summed E-state index contributed by atoms with van der Waals surface area (Å²) < 4.78 is 29.4. The lowest BCUT2D eigenvalue weighted by atomic mass is 10.2. The fourth-order valence-electron chi connectivity index (χ4n) is 1.78. The van der Waals surface area contributed by atoms with Gasteiger partial charge in [-0.15, -0.1) is 11.3 Å². The number of nitrogens with one attached hydrogen (secondary N) is 1. The van der Waals surface area contributed by atoms with Crippen molar-refractivity contribution in [3.63, 3.8) is 0 Å². The largest absolute Gasteiger partial charge is 0.396 e. The number of hydrogen-bond donors (Lipinski definition) is 2. The third kappa shape index (κ3) is 4.18. The number of carbonyl (C=O) groups excluding carboxylic acids is 1. The number of thiophene rings is 1. The van der Waals surface area contributed by atoms with E-state index in [1.54, 1.807) is 21.0 Å². The summed E-state index contributed by atoms with van der Waals surface area (Å²) >= 11 is 1.11. The first-order valence-corrected chi connectivity index (χ1v) is 9.26. The topological polar surface area (TPSA) is 98.5 Å². The van der Waals surface area contributed by atoms with Crippen LogP contribution in [0.1, 0.15) is 36.4 Å². The number of carbonyl (C=O) groups is 1. The second kappa shape index (κ2) is 7.77. The first kappa shape index (κ1) is 17.9. The van der Waals surface area contributed by atoms with Crippen LogP contribution in [-0.4, -0.2) is 40.2 Å². The van der Waals surface area contributed by atoms with Gasteiger partial charge >= 0.3 is 0 Å². The number of anilines is 2. The zero-order chi connectivity index (χ0) is 16.0. The zero-order valence-corrected chi connectivity index (χ0v) is 14.2. The Labute approximate surface area is 129 Å². The van der Waals surface area contributed by atoms with Gasteiger partial charge in [0, 0.05) is 26.7 Å². The fourth-order valence-corrected chi connectivity index (χ4v) is 4.49. The maximum absolute atomic E-state index is 12.2. The highest BCUT2D eigenvalue weighted by atomic mass is 32.2. The molecule has 0 radical (unpaired) electrons. The van der Waals surface area contributed by atoms with Crippen molar-refractivity contribution in [1.29, 1.82) is 0 Å². The maximum atomic E-state index is 12.2. The molecule has 1 heterocycles. The maximum Gasteiger partial charge on any atom is 0.183 e. The van der Waals surface area contributed by atoms with E-state index in [9.17, 15) is 13.2 Å². The molecule has 1 aromatic heterocycles. The van der Waals surface area contributed by atoms with Crippen molar-refractivity contribution >= 4 is 37.6 Å². The Bertz CT molecular complexity index is 594. The number of hydrogen-bond acceptors (Lipinski definition) is 7. The number of nitrogen functional groups attached to an aromatic ring is 1. The van der Waals surface area contributed by atoms with Crippen LogP contribution in [0.15, 0.2) is 4.90 Å². The van der Waals surface area contributed by atoms with E-state index in [-0.39, 0.29) is 22.1 Å². The Balaban J connectivity index is 3.18. The van der Waals surface area contributed by atoms with E-state index in [4.69, 9.17) is 10.5 Å². The summed E-state index contributed by atoms with van der Waals surface area (Å²) in [7, 11) is -1.88. The molecule has 0 saturated carbocycles. The predicted octanol–water partition coefficient (Wildman–Crippen LogP) is 2.17. The number of nitrogens with two attached hydrogens (primary N) is 1. The number of ketones is 1. The predicted molar refractivity (Wildman–Crippen MR) is 86.1 cm³/mol. The third-order valence-corrected chi connectivity index (χ3v) is 6.12. The summed E-state index contributed by atoms with van der Waals surface area (Å²) in [4.78, 5) is 12.3. The molecule has 0 amide bonds. The van der Waals surface area contributed by atoms with Crippen LogP contribution in [0.3, 0.4) is 0 Å². The van der Waals surface area contributed by atoms with Gasteiger partial charge in [-0.2, -0.15) is 0 Å². The zero-order valence-electron chi connectivity index (χ0n) is 12.6. The highest BCUT2D eigenvalue weighted by Crippen LogP contribution is 2.40. The van der Waals surface area contributed by atoms with Crippen LogP contribution in [0.5, 0.6) is 0 Å². The molecule has 0 atom stereocenters. The molecule has 0 aliphatic carbocycles. The third-order valence-electron chi connectivity index (χ3n) is 2.98. The molecule has 0 unspecified atom stereocenters. The Hall–Kier alpha value is -1.12. The van der Waals surface area contributed by atoms with Gasteiger partial charge in [0.1, 0.15) is 9.90 Å². The minimum Gasteiger partial charge on any atom is -0.396 e. The highest BCUT2D eigenvalue weighted by molar-refractivity contribution is 7.91. The molecule has 1 rings (SSSR count). The molecule has 1 aromatic rings. The first-order valence-electron chi connectivity index (χ1n) is 6.80. The lowest BCUT2D eigenvalue weighted by Gasteiger charge is -2.07. The summed E-state index contributed by atoms with van der Waals surface area (Å²) in [6.45, 7) is 4.41. The summed E-state index contributed by atoms with van der Waals surface area (Å²) in [6.07, 6.45) is 1.02. The van der Waals surface area contributed by atoms with Gasteiger partial charge < -0.3 is 15.8 Å². The van der Waals surface area contributed by atoms with Gasteiger partial charge in [-0.1, -0.05) is 13.8 Å². The molecule has 0 aliphatic rings. The van der Waals surface area contributed by atoms with Crippen molar-refractivity contribution in [2.24, 2.45) is 0 Å². The molecule has 0 bridgehead atoms. The summed E-state index contributed by atoms with van der Waals surface area (Å²) in [6, 6.07) is 0. The number of sulfone groups is 1. The van der Waals surface area contributed by atoms with E-state index in [1.165, 1.54) is 0 Å². The van der Waals surface area contributed by atoms with Gasteiger partial charge in [0.2, 0.25) is 0 Å². The molecule has 120 valence electrons. The molecule has 0 fully saturated rings. The summed E-state index contributed by atoms with van der Waals surface area (Å²) in [5.41, 5.74) is 5.99. The van der Waals surface area contributed by atoms with Crippen LogP contribution < -0.4 is 11.1 Å². The van der Waals surface area contributed by atoms with Crippen LogP contribution in [0.2, 0.25) is 0 Å². The lowest BCUT2D eigenvalue weighted by molar-refractivity contribution is 0.0992. The lowest BCUT2D eigenvalue weighted by Crippen LogP contribution is -2.11. The highest BCUT2D eigenvalue weighted by Gasteiger charge is 2.27. The van der Waals surface area contributed by atoms with Gasteiger partial charge in [0.15, 0.2) is 15.6 Å². The van der Waals surface area contributed by atoms with Crippen molar-refractivity contribution in [3.8, 4) is 0 Å². The second-order valence-corrected chi connectivity index (χ2v) is 7.69. The molecular weight excluding hydrogens is 312 g/mol. The van der Waals surface area contributed by atoms with Crippen molar-refractivity contribution in [2.45, 2.75) is 31.6 Å².